The van der Waals surface area contributed by atoms with E-state index >= 15 is 0 Å². The smallest absolute Gasteiger partial charge is 0.227 e. The molecule has 1 saturated heterocycles. The van der Waals surface area contributed by atoms with Crippen LogP contribution in [-0.2, 0) is 0 Å². The molecule has 1 aliphatic carbocycles. The second kappa shape index (κ2) is 8.77. The fourth-order valence-electron chi connectivity index (χ4n) is 3.93. The van der Waals surface area contributed by atoms with Crippen LogP contribution in [0.4, 0.5) is 17.3 Å². The molecule has 1 aliphatic heterocycles. The molecule has 8 nitrogen and oxygen atoms in total. The lowest BCUT2D eigenvalue weighted by molar-refractivity contribution is 0.343. The van der Waals surface area contributed by atoms with Crippen LogP contribution in [0.1, 0.15) is 31.7 Å². The summed E-state index contributed by atoms with van der Waals surface area (Å²) >= 11 is 6.40. The largest absolute Gasteiger partial charge is 0.383 e. The highest BCUT2D eigenvalue weighted by Crippen LogP contribution is 2.44. The molecule has 32 heavy (non-hydrogen) atoms. The van der Waals surface area contributed by atoms with Crippen LogP contribution < -0.4 is 16.0 Å². The first kappa shape index (κ1) is 20.7. The van der Waals surface area contributed by atoms with Gasteiger partial charge >= 0.3 is 0 Å². The first-order valence-corrected chi connectivity index (χ1v) is 11.3. The van der Waals surface area contributed by atoms with E-state index < -0.39 is 0 Å². The van der Waals surface area contributed by atoms with Gasteiger partial charge < -0.3 is 16.0 Å². The Morgan fingerprint density at radius 1 is 1.16 bits per heavy atom. The summed E-state index contributed by atoms with van der Waals surface area (Å²) in [5.41, 5.74) is 3.21. The number of hydrogen-bond donors (Lipinski definition) is 3. The zero-order valence-corrected chi connectivity index (χ0v) is 18.4. The van der Waals surface area contributed by atoms with E-state index in [2.05, 4.69) is 37.1 Å². The lowest BCUT2D eigenvalue weighted by Gasteiger charge is -2.22. The minimum atomic E-state index is -0.184. The number of halogens is 1. The summed E-state index contributed by atoms with van der Waals surface area (Å²) in [6, 6.07) is 10.7. The molecule has 3 aromatic rings. The molecule has 9 heteroatoms. The van der Waals surface area contributed by atoms with E-state index in [1.54, 1.807) is 12.4 Å². The van der Waals surface area contributed by atoms with Gasteiger partial charge in [0.15, 0.2) is 0 Å². The molecular weight excluding hydrogens is 424 g/mol. The molecule has 3 N–H and O–H groups in total. The van der Waals surface area contributed by atoms with Crippen LogP contribution in [0.2, 0.25) is 5.02 Å². The van der Waals surface area contributed by atoms with E-state index in [4.69, 9.17) is 11.6 Å². The van der Waals surface area contributed by atoms with Crippen molar-refractivity contribution in [3.05, 3.63) is 47.9 Å². The molecule has 3 heterocycles. The molecule has 1 aromatic carbocycles. The summed E-state index contributed by atoms with van der Waals surface area (Å²) in [6.07, 6.45) is 9.50. The minimum Gasteiger partial charge on any atom is -0.383 e. The van der Waals surface area contributed by atoms with E-state index in [0.29, 0.717) is 29.3 Å². The summed E-state index contributed by atoms with van der Waals surface area (Å²) < 4.78 is 2.02. The molecule has 2 fully saturated rings. The zero-order valence-electron chi connectivity index (χ0n) is 17.7. The normalized spacial score (nSPS) is 17.5. The number of nitriles is 1. The van der Waals surface area contributed by atoms with Crippen LogP contribution in [0.3, 0.4) is 0 Å². The Hall–Kier alpha value is -3.15. The van der Waals surface area contributed by atoms with Gasteiger partial charge in [-0.2, -0.15) is 10.4 Å². The second-order valence-electron chi connectivity index (χ2n) is 8.53. The number of nitrogens with zero attached hydrogens (tertiary/aromatic N) is 5. The van der Waals surface area contributed by atoms with Gasteiger partial charge in [0.05, 0.1) is 46.3 Å². The predicted octanol–water partition coefficient (Wildman–Crippen LogP) is 4.38. The Morgan fingerprint density at radius 3 is 2.66 bits per heavy atom. The van der Waals surface area contributed by atoms with Crippen molar-refractivity contribution in [1.82, 2.24) is 25.1 Å². The second-order valence-corrected chi connectivity index (χ2v) is 8.94. The average molecular weight is 449 g/mol. The monoisotopic (exact) mass is 448 g/mol. The molecule has 0 radical (unpaired) electrons. The molecule has 2 aliphatic rings. The third kappa shape index (κ3) is 4.54. The molecule has 0 amide bonds. The molecule has 0 unspecified atom stereocenters. The number of benzene rings is 1. The van der Waals surface area contributed by atoms with Crippen LogP contribution >= 0.6 is 11.6 Å². The molecular formula is C23H25ClN8. The van der Waals surface area contributed by atoms with Gasteiger partial charge in [-0.15, -0.1) is 0 Å². The highest BCUT2D eigenvalue weighted by atomic mass is 35.5. The molecule has 0 spiro atoms. The van der Waals surface area contributed by atoms with Crippen LogP contribution in [0, 0.1) is 16.7 Å². The SMILES string of the molecule is N#CC1(CNc2ccc(-c3nc(Nc4cnn(C5CCNCC5)c4)ncc3Cl)cc2)CC1. The number of piperidine rings is 1. The summed E-state index contributed by atoms with van der Waals surface area (Å²) in [7, 11) is 0. The average Bonchev–Trinajstić information content (AvgIpc) is 3.48. The first-order chi connectivity index (χ1) is 15.6. The van der Waals surface area contributed by atoms with Crippen molar-refractivity contribution >= 4 is 28.9 Å². The van der Waals surface area contributed by atoms with Crippen molar-refractivity contribution in [2.75, 3.05) is 30.3 Å². The number of anilines is 3. The Balaban J connectivity index is 1.27. The molecule has 2 aromatic heterocycles. The van der Waals surface area contributed by atoms with Crippen molar-refractivity contribution in [3.63, 3.8) is 0 Å². The quantitative estimate of drug-likeness (QED) is 0.492. The van der Waals surface area contributed by atoms with Gasteiger partial charge in [0.1, 0.15) is 0 Å². The van der Waals surface area contributed by atoms with Crippen molar-refractivity contribution in [2.24, 2.45) is 5.41 Å². The highest BCUT2D eigenvalue weighted by Gasteiger charge is 2.42. The fraction of sp³-hybridized carbons (Fsp3) is 0.391. The van der Waals surface area contributed by atoms with Gasteiger partial charge in [-0.3, -0.25) is 4.68 Å². The highest BCUT2D eigenvalue weighted by molar-refractivity contribution is 6.32. The van der Waals surface area contributed by atoms with Crippen LogP contribution in [0.5, 0.6) is 0 Å². The Morgan fingerprint density at radius 2 is 1.94 bits per heavy atom. The lowest BCUT2D eigenvalue weighted by Crippen LogP contribution is -2.29. The van der Waals surface area contributed by atoms with Crippen molar-refractivity contribution in [1.29, 1.82) is 5.26 Å². The first-order valence-electron chi connectivity index (χ1n) is 10.9. The van der Waals surface area contributed by atoms with Crippen molar-refractivity contribution < 1.29 is 0 Å². The number of aromatic nitrogens is 4. The third-order valence-electron chi connectivity index (χ3n) is 6.16. The van der Waals surface area contributed by atoms with E-state index in [9.17, 15) is 5.26 Å². The van der Waals surface area contributed by atoms with Gasteiger partial charge in [0.25, 0.3) is 0 Å². The minimum absolute atomic E-state index is 0.184. The van der Waals surface area contributed by atoms with Gasteiger partial charge in [-0.25, -0.2) is 9.97 Å². The fourth-order valence-corrected chi connectivity index (χ4v) is 4.13. The summed E-state index contributed by atoms with van der Waals surface area (Å²) in [5.74, 6) is 0.473. The Bertz CT molecular complexity index is 1120. The summed E-state index contributed by atoms with van der Waals surface area (Å²) in [5, 5.41) is 24.2. The van der Waals surface area contributed by atoms with Crippen LogP contribution in [-0.4, -0.2) is 39.4 Å². The van der Waals surface area contributed by atoms with Gasteiger partial charge in [0.2, 0.25) is 5.95 Å². The van der Waals surface area contributed by atoms with E-state index in [0.717, 1.165) is 55.7 Å². The standard InChI is InChI=1S/C23H25ClN8/c24-20-12-27-22(30-18-11-29-32(13-18)19-5-9-26-10-6-19)31-21(20)16-1-3-17(4-2-16)28-15-23(14-25)7-8-23/h1-4,11-13,19,26,28H,5-10,15H2,(H,27,30,31). The van der Waals surface area contributed by atoms with E-state index in [-0.39, 0.29) is 5.41 Å². The Kier molecular flexibility index (Phi) is 5.68. The van der Waals surface area contributed by atoms with Gasteiger partial charge in [-0.1, -0.05) is 23.7 Å². The van der Waals surface area contributed by atoms with Crippen molar-refractivity contribution in [2.45, 2.75) is 31.7 Å². The number of nitrogens with one attached hydrogen (secondary N) is 3. The van der Waals surface area contributed by atoms with Crippen LogP contribution in [0.15, 0.2) is 42.9 Å². The lowest BCUT2D eigenvalue weighted by atomic mass is 10.1. The van der Waals surface area contributed by atoms with Gasteiger partial charge in [-0.05, 0) is 50.9 Å². The molecule has 5 rings (SSSR count). The predicted molar refractivity (Wildman–Crippen MR) is 125 cm³/mol. The maximum atomic E-state index is 9.22. The number of hydrogen-bond acceptors (Lipinski definition) is 7. The van der Waals surface area contributed by atoms with E-state index in [1.807, 2.05) is 35.1 Å². The third-order valence-corrected chi connectivity index (χ3v) is 6.44. The molecule has 0 atom stereocenters. The van der Waals surface area contributed by atoms with E-state index in [1.165, 1.54) is 0 Å². The maximum Gasteiger partial charge on any atom is 0.227 e. The molecule has 164 valence electrons. The summed E-state index contributed by atoms with van der Waals surface area (Å²) in [4.78, 5) is 8.96. The van der Waals surface area contributed by atoms with Crippen molar-refractivity contribution in [3.8, 4) is 17.3 Å². The number of rotatable bonds is 7. The van der Waals surface area contributed by atoms with Gasteiger partial charge in [0, 0.05) is 24.0 Å². The molecule has 1 saturated carbocycles. The topological polar surface area (TPSA) is 103 Å². The molecule has 0 bridgehead atoms. The Labute approximate surface area is 192 Å². The maximum absolute atomic E-state index is 9.22. The zero-order chi connectivity index (χ0) is 22.0. The van der Waals surface area contributed by atoms with Crippen LogP contribution in [0.25, 0.3) is 11.3 Å². The summed E-state index contributed by atoms with van der Waals surface area (Å²) in [6.45, 7) is 2.71.